The number of carbonyl (C=O) groups is 1. The first kappa shape index (κ1) is 12.9. The fourth-order valence-electron chi connectivity index (χ4n) is 3.24. The first-order valence-corrected chi connectivity index (χ1v) is 7.06. The lowest BCUT2D eigenvalue weighted by molar-refractivity contribution is -0.127. The van der Waals surface area contributed by atoms with E-state index in [4.69, 9.17) is 5.26 Å². The fraction of sp³-hybridized carbons (Fsp3) is 0.412. The van der Waals surface area contributed by atoms with E-state index in [0.29, 0.717) is 18.5 Å². The van der Waals surface area contributed by atoms with Crippen LogP contribution in [0, 0.1) is 11.3 Å². The van der Waals surface area contributed by atoms with Crippen LogP contribution in [0.1, 0.15) is 43.4 Å². The van der Waals surface area contributed by atoms with Crippen LogP contribution in [-0.2, 0) is 10.2 Å². The third kappa shape index (κ3) is 2.02. The van der Waals surface area contributed by atoms with Crippen LogP contribution >= 0.6 is 0 Å². The number of nitriles is 1. The van der Waals surface area contributed by atoms with E-state index >= 15 is 0 Å². The number of hydrogen-bond donors (Lipinski definition) is 0. The molecule has 0 unspecified atom stereocenters. The molecule has 20 heavy (non-hydrogen) atoms. The number of fused-ring (bicyclic) bond motifs is 1. The van der Waals surface area contributed by atoms with Crippen molar-refractivity contribution < 1.29 is 4.79 Å². The standard InChI is InChI=1S/C17H18N2O/c1-17(2)9-13(11-19-7-3-4-16(19)20)14-8-12(10-18)5-6-15(14)17/h5-6,8-9H,3-4,7,11H2,1-2H3. The Hall–Kier alpha value is -2.08. The van der Waals surface area contributed by atoms with Crippen LogP contribution in [0.25, 0.3) is 5.57 Å². The average molecular weight is 266 g/mol. The smallest absolute Gasteiger partial charge is 0.222 e. The van der Waals surface area contributed by atoms with E-state index in [0.717, 1.165) is 18.5 Å². The average Bonchev–Trinajstić information content (AvgIpc) is 2.92. The number of benzene rings is 1. The molecule has 3 rings (SSSR count). The van der Waals surface area contributed by atoms with Crippen LogP contribution in [0.4, 0.5) is 0 Å². The minimum absolute atomic E-state index is 0.0264. The number of amides is 1. The summed E-state index contributed by atoms with van der Waals surface area (Å²) in [4.78, 5) is 13.7. The Bertz CT molecular complexity index is 649. The van der Waals surface area contributed by atoms with Gasteiger partial charge in [-0.25, -0.2) is 0 Å². The van der Waals surface area contributed by atoms with Crippen molar-refractivity contribution in [2.24, 2.45) is 0 Å². The maximum absolute atomic E-state index is 11.8. The largest absolute Gasteiger partial charge is 0.338 e. The number of hydrogen-bond acceptors (Lipinski definition) is 2. The van der Waals surface area contributed by atoms with Gasteiger partial charge in [0.1, 0.15) is 0 Å². The summed E-state index contributed by atoms with van der Waals surface area (Å²) in [7, 11) is 0. The number of carbonyl (C=O) groups excluding carboxylic acids is 1. The topological polar surface area (TPSA) is 44.1 Å². The first-order chi connectivity index (χ1) is 9.51. The third-order valence-electron chi connectivity index (χ3n) is 4.26. The number of rotatable bonds is 2. The molecule has 0 bridgehead atoms. The Morgan fingerprint density at radius 2 is 2.20 bits per heavy atom. The SMILES string of the molecule is CC1(C)C=C(CN2CCCC2=O)c2cc(C#N)ccc21. The van der Waals surface area contributed by atoms with E-state index in [2.05, 4.69) is 26.0 Å². The number of nitrogens with zero attached hydrogens (tertiary/aromatic N) is 2. The molecular weight excluding hydrogens is 248 g/mol. The van der Waals surface area contributed by atoms with Crippen molar-refractivity contribution in [2.45, 2.75) is 32.1 Å². The molecule has 3 heteroatoms. The molecule has 1 amide bonds. The Kier molecular flexibility index (Phi) is 2.90. The molecule has 1 saturated heterocycles. The quantitative estimate of drug-likeness (QED) is 0.826. The van der Waals surface area contributed by atoms with Crippen molar-refractivity contribution >= 4 is 11.5 Å². The lowest BCUT2D eigenvalue weighted by Crippen LogP contribution is -2.26. The zero-order valence-electron chi connectivity index (χ0n) is 11.9. The predicted octanol–water partition coefficient (Wildman–Crippen LogP) is 2.86. The van der Waals surface area contributed by atoms with Gasteiger partial charge >= 0.3 is 0 Å². The number of allylic oxidation sites excluding steroid dienone is 1. The van der Waals surface area contributed by atoms with Gasteiger partial charge in [-0.3, -0.25) is 4.79 Å². The molecule has 2 aliphatic rings. The maximum Gasteiger partial charge on any atom is 0.222 e. The molecule has 1 fully saturated rings. The van der Waals surface area contributed by atoms with E-state index in [-0.39, 0.29) is 11.3 Å². The highest BCUT2D eigenvalue weighted by Gasteiger charge is 2.32. The summed E-state index contributed by atoms with van der Waals surface area (Å²) in [5.74, 6) is 0.244. The minimum Gasteiger partial charge on any atom is -0.338 e. The van der Waals surface area contributed by atoms with Crippen LogP contribution in [0.5, 0.6) is 0 Å². The molecule has 0 aromatic heterocycles. The van der Waals surface area contributed by atoms with Crippen molar-refractivity contribution in [1.82, 2.24) is 4.90 Å². The highest BCUT2D eigenvalue weighted by atomic mass is 16.2. The van der Waals surface area contributed by atoms with E-state index in [9.17, 15) is 4.79 Å². The monoisotopic (exact) mass is 266 g/mol. The Labute approximate surface area is 119 Å². The molecule has 0 atom stereocenters. The van der Waals surface area contributed by atoms with Crippen molar-refractivity contribution in [1.29, 1.82) is 5.26 Å². The molecule has 1 aliphatic heterocycles. The van der Waals surface area contributed by atoms with Crippen LogP contribution in [0.15, 0.2) is 24.3 Å². The molecule has 102 valence electrons. The normalized spacial score (nSPS) is 19.8. The number of likely N-dealkylation sites (tertiary alicyclic amines) is 1. The zero-order chi connectivity index (χ0) is 14.3. The minimum atomic E-state index is -0.0264. The summed E-state index contributed by atoms with van der Waals surface area (Å²) in [5, 5.41) is 9.08. The Morgan fingerprint density at radius 1 is 1.40 bits per heavy atom. The summed E-state index contributed by atoms with van der Waals surface area (Å²) < 4.78 is 0. The molecule has 0 N–H and O–H groups in total. The van der Waals surface area contributed by atoms with E-state index < -0.39 is 0 Å². The zero-order valence-corrected chi connectivity index (χ0v) is 11.9. The van der Waals surface area contributed by atoms with Crippen molar-refractivity contribution in [3.8, 4) is 6.07 Å². The third-order valence-corrected chi connectivity index (χ3v) is 4.26. The molecule has 1 heterocycles. The van der Waals surface area contributed by atoms with Gasteiger partial charge in [0.15, 0.2) is 0 Å². The molecule has 1 aromatic carbocycles. The second-order valence-corrected chi connectivity index (χ2v) is 6.18. The summed E-state index contributed by atoms with van der Waals surface area (Å²) in [6, 6.07) is 8.07. The van der Waals surface area contributed by atoms with Crippen molar-refractivity contribution in [2.75, 3.05) is 13.1 Å². The lowest BCUT2D eigenvalue weighted by atomic mass is 9.87. The molecule has 1 aromatic rings. The van der Waals surface area contributed by atoms with Crippen molar-refractivity contribution in [3.63, 3.8) is 0 Å². The van der Waals surface area contributed by atoms with E-state index in [1.807, 2.05) is 23.1 Å². The van der Waals surface area contributed by atoms with E-state index in [1.54, 1.807) is 0 Å². The molecule has 0 spiro atoms. The van der Waals surface area contributed by atoms with Gasteiger partial charge in [0.05, 0.1) is 11.6 Å². The van der Waals surface area contributed by atoms with Crippen LogP contribution in [0.2, 0.25) is 0 Å². The molecular formula is C17H18N2O. The van der Waals surface area contributed by atoms with E-state index in [1.165, 1.54) is 11.1 Å². The summed E-state index contributed by atoms with van der Waals surface area (Å²) in [6.07, 6.45) is 3.87. The Morgan fingerprint density at radius 3 is 2.85 bits per heavy atom. The van der Waals surface area contributed by atoms with Gasteiger partial charge in [-0.15, -0.1) is 0 Å². The Balaban J connectivity index is 1.97. The second-order valence-electron chi connectivity index (χ2n) is 6.18. The lowest BCUT2D eigenvalue weighted by Gasteiger charge is -2.17. The highest BCUT2D eigenvalue weighted by Crippen LogP contribution is 2.41. The van der Waals surface area contributed by atoms with Crippen LogP contribution < -0.4 is 0 Å². The van der Waals surface area contributed by atoms with Gasteiger partial charge in [-0.05, 0) is 35.3 Å². The first-order valence-electron chi connectivity index (χ1n) is 7.06. The fourth-order valence-corrected chi connectivity index (χ4v) is 3.24. The van der Waals surface area contributed by atoms with Crippen LogP contribution in [0.3, 0.4) is 0 Å². The van der Waals surface area contributed by atoms with Crippen molar-refractivity contribution in [3.05, 3.63) is 41.0 Å². The highest BCUT2D eigenvalue weighted by molar-refractivity contribution is 5.84. The van der Waals surface area contributed by atoms with Gasteiger partial charge in [-0.2, -0.15) is 5.26 Å². The van der Waals surface area contributed by atoms with Gasteiger partial charge in [-0.1, -0.05) is 26.0 Å². The summed E-state index contributed by atoms with van der Waals surface area (Å²) in [5.41, 5.74) is 4.21. The van der Waals surface area contributed by atoms with Crippen LogP contribution in [-0.4, -0.2) is 23.9 Å². The molecule has 1 aliphatic carbocycles. The summed E-state index contributed by atoms with van der Waals surface area (Å²) in [6.45, 7) is 5.88. The molecule has 0 saturated carbocycles. The second kappa shape index (κ2) is 4.49. The summed E-state index contributed by atoms with van der Waals surface area (Å²) >= 11 is 0. The van der Waals surface area contributed by atoms with Gasteiger partial charge < -0.3 is 4.90 Å². The van der Waals surface area contributed by atoms with Gasteiger partial charge in [0, 0.05) is 24.9 Å². The van der Waals surface area contributed by atoms with Gasteiger partial charge in [0.25, 0.3) is 0 Å². The maximum atomic E-state index is 11.8. The van der Waals surface area contributed by atoms with Gasteiger partial charge in [0.2, 0.25) is 5.91 Å². The molecule has 0 radical (unpaired) electrons. The molecule has 3 nitrogen and oxygen atoms in total. The predicted molar refractivity (Wildman–Crippen MR) is 78.0 cm³/mol.